The standard InChI is InChI=1S/C13H20N4O/c1-16(12-4-2-5-15-10-12)13(18)11-17-8-3-6-14-7-9-17/h2,4-5,10,14H,3,6-9,11H2,1H3. The van der Waals surface area contributed by atoms with E-state index in [0.717, 1.165) is 38.3 Å². The number of pyridine rings is 1. The van der Waals surface area contributed by atoms with E-state index in [4.69, 9.17) is 0 Å². The molecule has 2 heterocycles. The van der Waals surface area contributed by atoms with Crippen LogP contribution in [0, 0.1) is 0 Å². The second kappa shape index (κ2) is 6.47. The van der Waals surface area contributed by atoms with Crippen LogP contribution in [0.15, 0.2) is 24.5 Å². The molecule has 1 amide bonds. The lowest BCUT2D eigenvalue weighted by molar-refractivity contribution is -0.119. The number of likely N-dealkylation sites (N-methyl/N-ethyl adjacent to an activating group) is 1. The summed E-state index contributed by atoms with van der Waals surface area (Å²) in [7, 11) is 1.80. The lowest BCUT2D eigenvalue weighted by Crippen LogP contribution is -2.40. The van der Waals surface area contributed by atoms with E-state index in [-0.39, 0.29) is 5.91 Å². The molecule has 2 rings (SSSR count). The fraction of sp³-hybridized carbons (Fsp3) is 0.538. The van der Waals surface area contributed by atoms with E-state index in [0.29, 0.717) is 6.54 Å². The molecular formula is C13H20N4O. The molecule has 1 saturated heterocycles. The lowest BCUT2D eigenvalue weighted by Gasteiger charge is -2.23. The first-order chi connectivity index (χ1) is 8.77. The Labute approximate surface area is 108 Å². The first kappa shape index (κ1) is 13.0. The van der Waals surface area contributed by atoms with Crippen molar-refractivity contribution in [2.75, 3.05) is 44.7 Å². The van der Waals surface area contributed by atoms with Crippen LogP contribution in [0.5, 0.6) is 0 Å². The first-order valence-electron chi connectivity index (χ1n) is 6.37. The van der Waals surface area contributed by atoms with Crippen LogP contribution in [0.2, 0.25) is 0 Å². The number of hydrogen-bond acceptors (Lipinski definition) is 4. The van der Waals surface area contributed by atoms with E-state index >= 15 is 0 Å². The summed E-state index contributed by atoms with van der Waals surface area (Å²) >= 11 is 0. The van der Waals surface area contributed by atoms with Crippen LogP contribution in [-0.4, -0.2) is 55.6 Å². The summed E-state index contributed by atoms with van der Waals surface area (Å²) < 4.78 is 0. The Morgan fingerprint density at radius 2 is 2.39 bits per heavy atom. The Kier molecular flexibility index (Phi) is 4.66. The molecule has 1 fully saturated rings. The van der Waals surface area contributed by atoms with Gasteiger partial charge in [-0.2, -0.15) is 0 Å². The number of nitrogens with one attached hydrogen (secondary N) is 1. The molecule has 0 atom stereocenters. The van der Waals surface area contributed by atoms with Gasteiger partial charge < -0.3 is 10.2 Å². The summed E-state index contributed by atoms with van der Waals surface area (Å²) in [6.45, 7) is 4.41. The zero-order valence-electron chi connectivity index (χ0n) is 10.8. The Hall–Kier alpha value is -1.46. The van der Waals surface area contributed by atoms with Crippen molar-refractivity contribution in [2.45, 2.75) is 6.42 Å². The van der Waals surface area contributed by atoms with E-state index in [9.17, 15) is 4.79 Å². The van der Waals surface area contributed by atoms with Gasteiger partial charge in [0.05, 0.1) is 18.4 Å². The highest BCUT2D eigenvalue weighted by Gasteiger charge is 2.16. The van der Waals surface area contributed by atoms with Crippen molar-refractivity contribution in [3.05, 3.63) is 24.5 Å². The van der Waals surface area contributed by atoms with Crippen LogP contribution in [0.4, 0.5) is 5.69 Å². The van der Waals surface area contributed by atoms with E-state index in [1.165, 1.54) is 0 Å². The van der Waals surface area contributed by atoms with Crippen molar-refractivity contribution in [3.63, 3.8) is 0 Å². The molecule has 1 N–H and O–H groups in total. The van der Waals surface area contributed by atoms with Crippen molar-refractivity contribution in [1.29, 1.82) is 0 Å². The van der Waals surface area contributed by atoms with Crippen molar-refractivity contribution >= 4 is 11.6 Å². The summed E-state index contributed by atoms with van der Waals surface area (Å²) in [5.41, 5.74) is 0.843. The molecule has 0 unspecified atom stereocenters. The van der Waals surface area contributed by atoms with Gasteiger partial charge in [0.2, 0.25) is 5.91 Å². The number of nitrogens with zero attached hydrogens (tertiary/aromatic N) is 3. The highest BCUT2D eigenvalue weighted by molar-refractivity contribution is 5.94. The third kappa shape index (κ3) is 3.51. The molecule has 1 aliphatic heterocycles. The SMILES string of the molecule is CN(C(=O)CN1CCCNCC1)c1cccnc1. The average Bonchev–Trinajstić information content (AvgIpc) is 2.67. The largest absolute Gasteiger partial charge is 0.315 e. The molecule has 5 heteroatoms. The normalized spacial score (nSPS) is 17.2. The summed E-state index contributed by atoms with van der Waals surface area (Å²) in [4.78, 5) is 20.1. The van der Waals surface area contributed by atoms with Gasteiger partial charge in [0.15, 0.2) is 0 Å². The average molecular weight is 248 g/mol. The molecule has 1 aliphatic rings. The van der Waals surface area contributed by atoms with Gasteiger partial charge in [0.1, 0.15) is 0 Å². The van der Waals surface area contributed by atoms with Gasteiger partial charge in [-0.05, 0) is 31.6 Å². The fourth-order valence-electron chi connectivity index (χ4n) is 2.05. The van der Waals surface area contributed by atoms with Crippen molar-refractivity contribution in [2.24, 2.45) is 0 Å². The third-order valence-electron chi connectivity index (χ3n) is 3.20. The van der Waals surface area contributed by atoms with Crippen LogP contribution in [0.25, 0.3) is 0 Å². The van der Waals surface area contributed by atoms with Crippen molar-refractivity contribution in [3.8, 4) is 0 Å². The smallest absolute Gasteiger partial charge is 0.240 e. The summed E-state index contributed by atoms with van der Waals surface area (Å²) in [6.07, 6.45) is 4.52. The maximum absolute atomic E-state index is 12.2. The fourth-order valence-corrected chi connectivity index (χ4v) is 2.05. The molecular weight excluding hydrogens is 228 g/mol. The summed E-state index contributed by atoms with van der Waals surface area (Å²) in [5.74, 6) is 0.116. The zero-order chi connectivity index (χ0) is 12.8. The highest BCUT2D eigenvalue weighted by atomic mass is 16.2. The van der Waals surface area contributed by atoms with Crippen LogP contribution < -0.4 is 10.2 Å². The minimum absolute atomic E-state index is 0.116. The zero-order valence-corrected chi connectivity index (χ0v) is 10.8. The van der Waals surface area contributed by atoms with E-state index < -0.39 is 0 Å². The van der Waals surface area contributed by atoms with E-state index in [1.807, 2.05) is 12.1 Å². The molecule has 0 aromatic carbocycles. The van der Waals surface area contributed by atoms with Crippen LogP contribution in [-0.2, 0) is 4.79 Å². The number of anilines is 1. The van der Waals surface area contributed by atoms with Gasteiger partial charge in [-0.1, -0.05) is 0 Å². The lowest BCUT2D eigenvalue weighted by atomic mass is 10.3. The minimum Gasteiger partial charge on any atom is -0.315 e. The number of hydrogen-bond donors (Lipinski definition) is 1. The van der Waals surface area contributed by atoms with Gasteiger partial charge >= 0.3 is 0 Å². The van der Waals surface area contributed by atoms with Gasteiger partial charge in [-0.25, -0.2) is 0 Å². The molecule has 0 bridgehead atoms. The Balaban J connectivity index is 1.90. The molecule has 0 spiro atoms. The first-order valence-corrected chi connectivity index (χ1v) is 6.37. The highest BCUT2D eigenvalue weighted by Crippen LogP contribution is 2.10. The third-order valence-corrected chi connectivity index (χ3v) is 3.20. The van der Waals surface area contributed by atoms with Gasteiger partial charge in [-0.3, -0.25) is 14.7 Å². The van der Waals surface area contributed by atoms with Crippen LogP contribution >= 0.6 is 0 Å². The van der Waals surface area contributed by atoms with Crippen LogP contribution in [0.1, 0.15) is 6.42 Å². The van der Waals surface area contributed by atoms with Crippen molar-refractivity contribution in [1.82, 2.24) is 15.2 Å². The van der Waals surface area contributed by atoms with Gasteiger partial charge in [0, 0.05) is 26.3 Å². The second-order valence-corrected chi connectivity index (χ2v) is 4.54. The summed E-state index contributed by atoms with van der Waals surface area (Å²) in [6, 6.07) is 3.74. The molecule has 5 nitrogen and oxygen atoms in total. The maximum Gasteiger partial charge on any atom is 0.240 e. The quantitative estimate of drug-likeness (QED) is 0.838. The van der Waals surface area contributed by atoms with E-state index in [2.05, 4.69) is 15.2 Å². The summed E-state index contributed by atoms with van der Waals surface area (Å²) in [5, 5.41) is 3.33. The Morgan fingerprint density at radius 1 is 1.50 bits per heavy atom. The van der Waals surface area contributed by atoms with E-state index in [1.54, 1.807) is 24.3 Å². The molecule has 0 saturated carbocycles. The molecule has 18 heavy (non-hydrogen) atoms. The number of carbonyl (C=O) groups excluding carboxylic acids is 1. The monoisotopic (exact) mass is 248 g/mol. The maximum atomic E-state index is 12.2. The topological polar surface area (TPSA) is 48.5 Å². The Morgan fingerprint density at radius 3 is 3.17 bits per heavy atom. The minimum atomic E-state index is 0.116. The molecule has 1 aromatic heterocycles. The van der Waals surface area contributed by atoms with Crippen molar-refractivity contribution < 1.29 is 4.79 Å². The Bertz CT molecular complexity index is 374. The number of rotatable bonds is 3. The second-order valence-electron chi connectivity index (χ2n) is 4.54. The number of aromatic nitrogens is 1. The van der Waals surface area contributed by atoms with Crippen LogP contribution in [0.3, 0.4) is 0 Å². The van der Waals surface area contributed by atoms with Gasteiger partial charge in [0.25, 0.3) is 0 Å². The molecule has 0 radical (unpaired) electrons. The number of amides is 1. The molecule has 0 aliphatic carbocycles. The molecule has 98 valence electrons. The predicted molar refractivity (Wildman–Crippen MR) is 71.6 cm³/mol. The molecule has 1 aromatic rings. The van der Waals surface area contributed by atoms with Gasteiger partial charge in [-0.15, -0.1) is 0 Å². The number of carbonyl (C=O) groups is 1. The predicted octanol–water partition coefficient (Wildman–Crippen LogP) is 0.340.